The van der Waals surface area contributed by atoms with Crippen LogP contribution in [0.15, 0.2) is 60.4 Å². The summed E-state index contributed by atoms with van der Waals surface area (Å²) in [6.07, 6.45) is -25.0. The molecule has 16 atom stereocenters. The highest BCUT2D eigenvalue weighted by molar-refractivity contribution is 5.87. The smallest absolute Gasteiger partial charge is 0.330 e. The minimum Gasteiger partial charge on any atom is -0.508 e. The number of fused-ring (bicyclic) bond motifs is 1. The third-order valence-corrected chi connectivity index (χ3v) is 11.5. The maximum atomic E-state index is 12.9. The largest absolute Gasteiger partial charge is 0.508 e. The number of phenolic OH excluding ortho intramolecular Hbond substituents is 3. The molecule has 3 fully saturated rings. The fourth-order valence-corrected chi connectivity index (χ4v) is 7.73. The van der Waals surface area contributed by atoms with E-state index in [0.29, 0.717) is 5.56 Å². The Kier molecular flexibility index (Phi) is 15.8. The number of carbonyl (C=O) groups excluding carboxylic acids is 1. The van der Waals surface area contributed by atoms with Crippen molar-refractivity contribution in [3.05, 3.63) is 77.1 Å². The van der Waals surface area contributed by atoms with Gasteiger partial charge in [-0.1, -0.05) is 12.1 Å². The lowest BCUT2D eigenvalue weighted by atomic mass is 9.97. The number of rotatable bonds is 15. The molecular weight excluding hydrogens is 912 g/mol. The molecule has 0 bridgehead atoms. The zero-order chi connectivity index (χ0) is 49.1. The maximum absolute atomic E-state index is 12.9. The van der Waals surface area contributed by atoms with Crippen LogP contribution >= 0.6 is 0 Å². The zero-order valence-electron chi connectivity index (χ0n) is 36.0. The van der Waals surface area contributed by atoms with Gasteiger partial charge in [0.15, 0.2) is 41.5 Å². The summed E-state index contributed by atoms with van der Waals surface area (Å²) in [4.78, 5) is 12.9. The lowest BCUT2D eigenvalue weighted by molar-refractivity contribution is -0.364. The molecule has 24 heteroatoms. The molecule has 3 aromatic carbocycles. The Balaban J connectivity index is 1.25. The van der Waals surface area contributed by atoms with E-state index >= 15 is 0 Å². The van der Waals surface area contributed by atoms with Crippen molar-refractivity contribution in [3.8, 4) is 40.2 Å². The van der Waals surface area contributed by atoms with Gasteiger partial charge in [0, 0.05) is 23.8 Å². The second kappa shape index (κ2) is 21.4. The van der Waals surface area contributed by atoms with Crippen LogP contribution in [0, 0.1) is 0 Å². The van der Waals surface area contributed by atoms with Gasteiger partial charge in [0.25, 0.3) is 0 Å². The van der Waals surface area contributed by atoms with E-state index in [4.69, 9.17) is 47.4 Å². The monoisotopic (exact) mass is 964 g/mol. The Hall–Kier alpha value is -5.55. The van der Waals surface area contributed by atoms with Crippen molar-refractivity contribution < 1.29 is 119 Å². The average molecular weight is 965 g/mol. The van der Waals surface area contributed by atoms with Crippen molar-refractivity contribution >= 4 is 18.1 Å². The average Bonchev–Trinajstić information content (AvgIpc) is 3.33. The predicted octanol–water partition coefficient (Wildman–Crippen LogP) is -2.62. The molecule has 0 spiro atoms. The lowest BCUT2D eigenvalue weighted by Gasteiger charge is -2.46. The van der Waals surface area contributed by atoms with E-state index < -0.39 is 130 Å². The third-order valence-electron chi connectivity index (χ3n) is 11.5. The van der Waals surface area contributed by atoms with Gasteiger partial charge in [0.05, 0.1) is 33.0 Å². The quantitative estimate of drug-likeness (QED) is 0.0548. The Morgan fingerprint density at radius 2 is 1.22 bits per heavy atom. The van der Waals surface area contributed by atoms with Gasteiger partial charge in [-0.2, -0.15) is 0 Å². The van der Waals surface area contributed by atoms with E-state index in [1.54, 1.807) is 0 Å². The Morgan fingerprint density at radius 1 is 0.632 bits per heavy atom. The van der Waals surface area contributed by atoms with Crippen LogP contribution in [0.2, 0.25) is 0 Å². The fraction of sp³-hybridized carbons (Fsp3) is 0.477. The first-order chi connectivity index (χ1) is 32.5. The molecule has 0 aromatic heterocycles. The van der Waals surface area contributed by atoms with Crippen LogP contribution in [0.1, 0.15) is 22.8 Å². The molecule has 0 radical (unpaired) electrons. The number of methoxy groups -OCH3 is 2. The van der Waals surface area contributed by atoms with Crippen molar-refractivity contribution in [2.45, 2.75) is 98.2 Å². The molecule has 13 N–H and O–H groups in total. The van der Waals surface area contributed by atoms with Crippen molar-refractivity contribution in [2.24, 2.45) is 0 Å². The first kappa shape index (κ1) is 50.3. The van der Waals surface area contributed by atoms with Gasteiger partial charge in [0.1, 0.15) is 96.8 Å². The first-order valence-corrected chi connectivity index (χ1v) is 20.9. The van der Waals surface area contributed by atoms with E-state index in [1.807, 2.05) is 0 Å². The summed E-state index contributed by atoms with van der Waals surface area (Å²) in [6, 6.07) is 10.5. The zero-order valence-corrected chi connectivity index (χ0v) is 36.0. The van der Waals surface area contributed by atoms with Crippen LogP contribution in [-0.2, 0) is 33.2 Å². The van der Waals surface area contributed by atoms with Gasteiger partial charge < -0.3 is 114 Å². The van der Waals surface area contributed by atoms with Crippen LogP contribution < -0.4 is 18.9 Å². The number of aliphatic hydroxyl groups excluding tert-OH is 10. The molecule has 24 nitrogen and oxygen atoms in total. The highest BCUT2D eigenvalue weighted by Crippen LogP contribution is 2.47. The Morgan fingerprint density at radius 3 is 1.87 bits per heavy atom. The van der Waals surface area contributed by atoms with Crippen molar-refractivity contribution in [1.82, 2.24) is 0 Å². The fourth-order valence-electron chi connectivity index (χ4n) is 7.73. The molecule has 68 heavy (non-hydrogen) atoms. The summed E-state index contributed by atoms with van der Waals surface area (Å²) in [6.45, 7) is -2.38. The van der Waals surface area contributed by atoms with Gasteiger partial charge in [-0.15, -0.1) is 0 Å². The van der Waals surface area contributed by atoms with E-state index in [-0.39, 0.29) is 51.4 Å². The molecule has 0 saturated carbocycles. The van der Waals surface area contributed by atoms with Gasteiger partial charge in [-0.3, -0.25) is 0 Å². The molecule has 3 saturated heterocycles. The highest BCUT2D eigenvalue weighted by atomic mass is 16.8. The Bertz CT molecular complexity index is 2290. The number of aliphatic hydroxyl groups is 10. The summed E-state index contributed by atoms with van der Waals surface area (Å²) < 4.78 is 57.5. The second-order valence-electron chi connectivity index (χ2n) is 16.0. The number of carbonyl (C=O) groups is 1. The molecule has 3 aromatic rings. The van der Waals surface area contributed by atoms with E-state index in [9.17, 15) is 71.2 Å². The summed E-state index contributed by atoms with van der Waals surface area (Å²) in [7, 11) is 2.62. The Labute approximate surface area is 385 Å². The lowest BCUT2D eigenvalue weighted by Crippen LogP contribution is -2.64. The van der Waals surface area contributed by atoms with Crippen LogP contribution in [0.4, 0.5) is 0 Å². The molecular formula is C44H52O24. The number of hydrogen-bond acceptors (Lipinski definition) is 24. The number of esters is 1. The molecule has 16 unspecified atom stereocenters. The van der Waals surface area contributed by atoms with Crippen LogP contribution in [-0.4, -0.2) is 199 Å². The summed E-state index contributed by atoms with van der Waals surface area (Å²) in [5, 5.41) is 137. The molecule has 4 heterocycles. The maximum Gasteiger partial charge on any atom is 0.330 e. The molecule has 7 rings (SSSR count). The number of benzene rings is 3. The van der Waals surface area contributed by atoms with Gasteiger partial charge in [0.2, 0.25) is 12.6 Å². The molecule has 372 valence electrons. The van der Waals surface area contributed by atoms with E-state index in [2.05, 4.69) is 0 Å². The van der Waals surface area contributed by atoms with Crippen molar-refractivity contribution in [1.29, 1.82) is 0 Å². The van der Waals surface area contributed by atoms with Gasteiger partial charge >= 0.3 is 5.97 Å². The van der Waals surface area contributed by atoms with Crippen LogP contribution in [0.3, 0.4) is 0 Å². The molecule has 4 aliphatic heterocycles. The third kappa shape index (κ3) is 10.5. The second-order valence-corrected chi connectivity index (χ2v) is 16.0. The standard InChI is InChI=1S/C44H52O24/c1-59-25-9-17(3-6-21(25)48)4-8-31(50)61-16-30-34(53)37(56)41(68-43-39(58)36(55)33(52)29(15-46)66-43)44(67-30)64-27-13-20-23(62-40(27)18-5-7-22(49)26(10-18)60-2)11-19(47)12-24(20)63-42-38(57)35(54)32(51)28(14-45)65-42/h3-13,28-30,32-49,51-58H,14-16H2,1-2H3. The highest BCUT2D eigenvalue weighted by Gasteiger charge is 2.53. The molecule has 0 aliphatic carbocycles. The van der Waals surface area contributed by atoms with Gasteiger partial charge in [-0.25, -0.2) is 4.79 Å². The normalized spacial score (nSPS) is 33.7. The number of phenols is 3. The minimum absolute atomic E-state index is 0.0319. The molecule has 4 aliphatic rings. The number of ether oxygens (including phenoxy) is 10. The topological polar surface area (TPSA) is 372 Å². The van der Waals surface area contributed by atoms with E-state index in [0.717, 1.165) is 12.1 Å². The van der Waals surface area contributed by atoms with Crippen LogP contribution in [0.25, 0.3) is 12.2 Å². The minimum atomic E-state index is -2.06. The summed E-state index contributed by atoms with van der Waals surface area (Å²) in [5.74, 6) is -2.36. The SMILES string of the molecule is COc1cc(C=CC(=O)OCC2OC(OC3=Cc4c(cc(O)cc4OC4OC(CO)C(O)C(O)C4O)OC3c3ccc(O)c(OC)c3)C(OC3OC(CO)C(O)C(O)C3O)C(O)C2O)ccc1O. The first-order valence-electron chi connectivity index (χ1n) is 20.9. The predicted molar refractivity (Wildman–Crippen MR) is 224 cm³/mol. The molecule has 0 amide bonds. The van der Waals surface area contributed by atoms with Crippen molar-refractivity contribution in [2.75, 3.05) is 34.0 Å². The number of aromatic hydroxyl groups is 3. The van der Waals surface area contributed by atoms with Gasteiger partial charge in [-0.05, 0) is 42.0 Å². The van der Waals surface area contributed by atoms with Crippen LogP contribution in [0.5, 0.6) is 40.2 Å². The number of hydrogen-bond donors (Lipinski definition) is 13. The summed E-state index contributed by atoms with van der Waals surface area (Å²) >= 11 is 0. The summed E-state index contributed by atoms with van der Waals surface area (Å²) in [5.41, 5.74) is 0.607. The van der Waals surface area contributed by atoms with E-state index in [1.165, 1.54) is 68.8 Å². The van der Waals surface area contributed by atoms with Crippen molar-refractivity contribution in [3.63, 3.8) is 0 Å².